The summed E-state index contributed by atoms with van der Waals surface area (Å²) in [5, 5.41) is 9.23. The van der Waals surface area contributed by atoms with Crippen LogP contribution in [-0.4, -0.2) is 64.7 Å². The summed E-state index contributed by atoms with van der Waals surface area (Å²) < 4.78 is 88.6. The molecule has 0 unspecified atom stereocenters. The molecule has 4 rings (SSSR count). The van der Waals surface area contributed by atoms with Gasteiger partial charge in [0.15, 0.2) is 12.4 Å². The first-order chi connectivity index (χ1) is 17.8. The number of alkyl halides is 3. The third-order valence-electron chi connectivity index (χ3n) is 5.51. The van der Waals surface area contributed by atoms with Gasteiger partial charge < -0.3 is 19.9 Å². The van der Waals surface area contributed by atoms with Gasteiger partial charge >= 0.3 is 12.2 Å². The Morgan fingerprint density at radius 1 is 1.16 bits per heavy atom. The zero-order valence-corrected chi connectivity index (χ0v) is 21.6. The van der Waals surface area contributed by atoms with Crippen molar-refractivity contribution >= 4 is 39.2 Å². The van der Waals surface area contributed by atoms with Gasteiger partial charge in [-0.2, -0.15) is 32.4 Å². The number of aromatic nitrogens is 4. The molecule has 0 saturated carbocycles. The molecular weight excluding hydrogens is 558 g/mol. The molecule has 206 valence electrons. The van der Waals surface area contributed by atoms with E-state index in [4.69, 9.17) is 20.9 Å². The summed E-state index contributed by atoms with van der Waals surface area (Å²) in [6.07, 6.45) is -3.93. The molecule has 1 aromatic carbocycles. The Bertz CT molecular complexity index is 1390. The highest BCUT2D eigenvalue weighted by Gasteiger charge is 2.34. The standard InChI is InChI=1S/C21H22ClF4N7O4S/c1-11-17(12(2)37-32-11)38(34,35)33-7-5-13(6-8-33)27-18-29-19(28-14-3-4-16(23)15(22)9-14)31-20(30-18)36-10-21(24,25)26/h3-4,9,13H,5-8,10H2,1-2H3,(H2,27,28,29,30,31). The average molecular weight is 580 g/mol. The van der Waals surface area contributed by atoms with Crippen LogP contribution in [0.3, 0.4) is 0 Å². The first-order valence-corrected chi connectivity index (χ1v) is 13.0. The molecule has 38 heavy (non-hydrogen) atoms. The predicted octanol–water partition coefficient (Wildman–Crippen LogP) is 4.22. The van der Waals surface area contributed by atoms with Crippen molar-refractivity contribution in [3.63, 3.8) is 0 Å². The first-order valence-electron chi connectivity index (χ1n) is 11.2. The van der Waals surface area contributed by atoms with Crippen molar-refractivity contribution in [3.8, 4) is 6.01 Å². The Balaban J connectivity index is 1.49. The van der Waals surface area contributed by atoms with Crippen molar-refractivity contribution < 1.29 is 35.2 Å². The van der Waals surface area contributed by atoms with Gasteiger partial charge in [0.25, 0.3) is 0 Å². The minimum atomic E-state index is -4.63. The van der Waals surface area contributed by atoms with Crippen LogP contribution >= 0.6 is 11.6 Å². The normalized spacial score (nSPS) is 15.4. The van der Waals surface area contributed by atoms with E-state index in [1.165, 1.54) is 23.4 Å². The Hall–Kier alpha value is -3.24. The summed E-state index contributed by atoms with van der Waals surface area (Å²) in [5.74, 6) is -0.741. The van der Waals surface area contributed by atoms with Crippen LogP contribution in [-0.2, 0) is 10.0 Å². The minimum Gasteiger partial charge on any atom is -0.454 e. The van der Waals surface area contributed by atoms with Gasteiger partial charge in [-0.3, -0.25) is 0 Å². The lowest BCUT2D eigenvalue weighted by Gasteiger charge is -2.31. The third kappa shape index (κ3) is 6.60. The molecule has 1 aliphatic rings. The van der Waals surface area contributed by atoms with Crippen LogP contribution in [0.15, 0.2) is 27.6 Å². The van der Waals surface area contributed by atoms with E-state index in [0.717, 1.165) is 6.07 Å². The topological polar surface area (TPSA) is 135 Å². The Morgan fingerprint density at radius 3 is 2.45 bits per heavy atom. The fraction of sp³-hybridized carbons (Fsp3) is 0.429. The maximum absolute atomic E-state index is 13.5. The quantitative estimate of drug-likeness (QED) is 0.373. The smallest absolute Gasteiger partial charge is 0.422 e. The lowest BCUT2D eigenvalue weighted by atomic mass is 10.1. The number of aryl methyl sites for hydroxylation is 2. The van der Waals surface area contributed by atoms with Gasteiger partial charge in [0.2, 0.25) is 21.9 Å². The molecular formula is C21H22ClF4N7O4S. The number of rotatable bonds is 8. The second-order valence-corrected chi connectivity index (χ2v) is 10.7. The maximum atomic E-state index is 13.5. The number of benzene rings is 1. The largest absolute Gasteiger partial charge is 0.454 e. The fourth-order valence-corrected chi connectivity index (χ4v) is 5.73. The third-order valence-corrected chi connectivity index (χ3v) is 7.94. The number of hydrogen-bond donors (Lipinski definition) is 2. The second-order valence-electron chi connectivity index (χ2n) is 8.40. The molecule has 3 aromatic rings. The summed E-state index contributed by atoms with van der Waals surface area (Å²) >= 11 is 5.78. The van der Waals surface area contributed by atoms with E-state index in [-0.39, 0.29) is 58.1 Å². The molecule has 1 saturated heterocycles. The van der Waals surface area contributed by atoms with Crippen molar-refractivity contribution in [2.45, 2.75) is 43.8 Å². The highest BCUT2D eigenvalue weighted by atomic mass is 35.5. The van der Waals surface area contributed by atoms with Gasteiger partial charge in [0.05, 0.1) is 5.02 Å². The van der Waals surface area contributed by atoms with E-state index in [1.54, 1.807) is 6.92 Å². The average Bonchev–Trinajstić information content (AvgIpc) is 3.18. The molecule has 2 aromatic heterocycles. The Labute approximate surface area is 219 Å². The van der Waals surface area contributed by atoms with Gasteiger partial charge in [-0.25, -0.2) is 12.8 Å². The molecule has 0 atom stereocenters. The van der Waals surface area contributed by atoms with E-state index < -0.39 is 34.6 Å². The van der Waals surface area contributed by atoms with Crippen LogP contribution in [0.4, 0.5) is 35.1 Å². The van der Waals surface area contributed by atoms with Crippen molar-refractivity contribution in [2.24, 2.45) is 0 Å². The number of anilines is 3. The van der Waals surface area contributed by atoms with Crippen LogP contribution in [0.5, 0.6) is 6.01 Å². The van der Waals surface area contributed by atoms with Crippen molar-refractivity contribution in [1.29, 1.82) is 0 Å². The maximum Gasteiger partial charge on any atom is 0.422 e. The van der Waals surface area contributed by atoms with Crippen LogP contribution in [0.2, 0.25) is 5.02 Å². The lowest BCUT2D eigenvalue weighted by Crippen LogP contribution is -2.42. The molecule has 11 nitrogen and oxygen atoms in total. The minimum absolute atomic E-state index is 0.0319. The molecule has 0 bridgehead atoms. The van der Waals surface area contributed by atoms with Crippen molar-refractivity contribution in [3.05, 3.63) is 40.5 Å². The van der Waals surface area contributed by atoms with Crippen LogP contribution in [0, 0.1) is 19.7 Å². The molecule has 0 amide bonds. The van der Waals surface area contributed by atoms with Crippen molar-refractivity contribution in [1.82, 2.24) is 24.4 Å². The summed E-state index contributed by atoms with van der Waals surface area (Å²) in [6, 6.07) is 2.77. The lowest BCUT2D eigenvalue weighted by molar-refractivity contribution is -0.154. The zero-order valence-electron chi connectivity index (χ0n) is 20.0. The zero-order chi connectivity index (χ0) is 27.7. The van der Waals surface area contributed by atoms with Gasteiger partial charge in [-0.1, -0.05) is 16.8 Å². The van der Waals surface area contributed by atoms with Crippen LogP contribution < -0.4 is 15.4 Å². The van der Waals surface area contributed by atoms with E-state index in [2.05, 4.69) is 30.7 Å². The van der Waals surface area contributed by atoms with E-state index in [0.29, 0.717) is 12.8 Å². The summed E-state index contributed by atoms with van der Waals surface area (Å²) in [7, 11) is -3.82. The molecule has 3 heterocycles. The molecule has 0 spiro atoms. The van der Waals surface area contributed by atoms with Crippen molar-refractivity contribution in [2.75, 3.05) is 30.3 Å². The molecule has 1 fully saturated rings. The SMILES string of the molecule is Cc1noc(C)c1S(=O)(=O)N1CCC(Nc2nc(Nc3ccc(F)c(Cl)c3)nc(OCC(F)(F)F)n2)CC1. The van der Waals surface area contributed by atoms with Gasteiger partial charge in [-0.15, -0.1) is 0 Å². The molecule has 17 heteroatoms. The Morgan fingerprint density at radius 2 is 1.84 bits per heavy atom. The molecule has 2 N–H and O–H groups in total. The van der Waals surface area contributed by atoms with E-state index >= 15 is 0 Å². The number of hydrogen-bond acceptors (Lipinski definition) is 10. The number of halogens is 5. The van der Waals surface area contributed by atoms with Gasteiger partial charge in [0, 0.05) is 24.8 Å². The molecule has 0 radical (unpaired) electrons. The van der Waals surface area contributed by atoms with E-state index in [1.807, 2.05) is 0 Å². The van der Waals surface area contributed by atoms with Gasteiger partial charge in [0.1, 0.15) is 16.4 Å². The summed E-state index contributed by atoms with van der Waals surface area (Å²) in [5.41, 5.74) is 0.537. The highest BCUT2D eigenvalue weighted by molar-refractivity contribution is 7.89. The highest BCUT2D eigenvalue weighted by Crippen LogP contribution is 2.28. The number of nitrogens with zero attached hydrogens (tertiary/aromatic N) is 5. The predicted molar refractivity (Wildman–Crippen MR) is 127 cm³/mol. The molecule has 0 aliphatic carbocycles. The Kier molecular flexibility index (Phi) is 7.94. The number of sulfonamides is 1. The summed E-state index contributed by atoms with van der Waals surface area (Å²) in [6.45, 7) is 1.75. The summed E-state index contributed by atoms with van der Waals surface area (Å²) in [4.78, 5) is 11.9. The van der Waals surface area contributed by atoms with E-state index in [9.17, 15) is 26.0 Å². The molecule has 1 aliphatic heterocycles. The number of piperidine rings is 1. The first kappa shape index (κ1) is 27.8. The van der Waals surface area contributed by atoms with Gasteiger partial charge in [-0.05, 0) is 44.9 Å². The number of ether oxygens (including phenoxy) is 1. The number of nitrogens with one attached hydrogen (secondary N) is 2. The fourth-order valence-electron chi connectivity index (χ4n) is 3.79. The van der Waals surface area contributed by atoms with Crippen LogP contribution in [0.1, 0.15) is 24.3 Å². The monoisotopic (exact) mass is 579 g/mol. The second kappa shape index (κ2) is 10.9. The van der Waals surface area contributed by atoms with Crippen LogP contribution in [0.25, 0.3) is 0 Å².